The van der Waals surface area contributed by atoms with E-state index < -0.39 is 0 Å². The summed E-state index contributed by atoms with van der Waals surface area (Å²) in [5.41, 5.74) is 0. The van der Waals surface area contributed by atoms with Crippen molar-refractivity contribution in [3.8, 4) is 0 Å². The number of unbranched alkanes of at least 4 members (excludes halogenated alkanes) is 17. The van der Waals surface area contributed by atoms with Crippen molar-refractivity contribution >= 4 is 0 Å². The van der Waals surface area contributed by atoms with Crippen LogP contribution in [0.5, 0.6) is 0 Å². The summed E-state index contributed by atoms with van der Waals surface area (Å²) in [6.45, 7) is 4.60. The minimum absolute atomic E-state index is 0.798. The molecule has 0 aliphatic carbocycles. The minimum Gasteiger partial charge on any atom is -0.306 e. The molecule has 0 aromatic heterocycles. The summed E-state index contributed by atoms with van der Waals surface area (Å²) in [4.78, 5) is 2.47. The zero-order valence-corrected chi connectivity index (χ0v) is 21.7. The topological polar surface area (TPSA) is 3.24 Å². The second-order valence-electron chi connectivity index (χ2n) is 9.90. The normalized spacial score (nSPS) is 13.0. The number of hydrogen-bond donors (Lipinski definition) is 0. The van der Waals surface area contributed by atoms with Gasteiger partial charge in [-0.15, -0.1) is 0 Å². The molecule has 0 bridgehead atoms. The van der Waals surface area contributed by atoms with Gasteiger partial charge in [0.2, 0.25) is 0 Å². The van der Waals surface area contributed by atoms with Gasteiger partial charge < -0.3 is 4.90 Å². The lowest BCUT2D eigenvalue weighted by Gasteiger charge is -2.24. The Hall–Kier alpha value is -0.300. The number of hydrogen-bond acceptors (Lipinski definition) is 1. The van der Waals surface area contributed by atoms with Crippen LogP contribution in [0.25, 0.3) is 0 Å². The van der Waals surface area contributed by atoms with E-state index in [1.54, 1.807) is 0 Å². The van der Waals surface area contributed by atoms with Gasteiger partial charge >= 0.3 is 0 Å². The summed E-state index contributed by atoms with van der Waals surface area (Å²) in [5, 5.41) is 0. The van der Waals surface area contributed by atoms with Gasteiger partial charge in [-0.25, -0.2) is 0 Å². The summed E-state index contributed by atoms with van der Waals surface area (Å²) in [5.74, 6) is 0. The van der Waals surface area contributed by atoms with Crippen LogP contribution >= 0.6 is 0 Å². The van der Waals surface area contributed by atoms with Crippen LogP contribution in [0.1, 0.15) is 155 Å². The number of rotatable bonds is 24. The third-order valence-corrected chi connectivity index (χ3v) is 6.67. The molecule has 0 fully saturated rings. The standard InChI is InChI=1S/C29H59N/c1-5-7-9-11-13-14-15-16-17-18-19-20-22-24-26-28-29(30(3)4)27-25-23-21-12-10-8-6-2/h19-20,29H,5-18,21-28H2,1-4H3/b20-19-/t29-/m1/s1. The second-order valence-corrected chi connectivity index (χ2v) is 9.90. The Morgan fingerprint density at radius 2 is 0.800 bits per heavy atom. The Labute approximate surface area is 192 Å². The Kier molecular flexibility index (Phi) is 24.7. The van der Waals surface area contributed by atoms with E-state index in [9.17, 15) is 0 Å². The zero-order chi connectivity index (χ0) is 22.1. The molecule has 0 radical (unpaired) electrons. The molecule has 0 spiro atoms. The van der Waals surface area contributed by atoms with Crippen molar-refractivity contribution in [2.45, 2.75) is 161 Å². The molecule has 0 N–H and O–H groups in total. The second kappa shape index (κ2) is 25.0. The minimum atomic E-state index is 0.798. The molecule has 0 aliphatic heterocycles. The van der Waals surface area contributed by atoms with Gasteiger partial charge in [0.25, 0.3) is 0 Å². The summed E-state index contributed by atoms with van der Waals surface area (Å²) in [6.07, 6.45) is 35.9. The van der Waals surface area contributed by atoms with Gasteiger partial charge in [-0.2, -0.15) is 0 Å². The maximum absolute atomic E-state index is 2.47. The molecule has 1 heteroatoms. The van der Waals surface area contributed by atoms with Crippen LogP contribution in [0.15, 0.2) is 12.2 Å². The molecule has 0 saturated carbocycles. The van der Waals surface area contributed by atoms with Crippen LogP contribution < -0.4 is 0 Å². The van der Waals surface area contributed by atoms with E-state index in [1.807, 2.05) is 0 Å². The van der Waals surface area contributed by atoms with E-state index in [1.165, 1.54) is 141 Å². The van der Waals surface area contributed by atoms with E-state index in [0.29, 0.717) is 0 Å². The lowest BCUT2D eigenvalue weighted by atomic mass is 10.00. The van der Waals surface area contributed by atoms with Crippen molar-refractivity contribution in [2.24, 2.45) is 0 Å². The average Bonchev–Trinajstić information content (AvgIpc) is 2.74. The van der Waals surface area contributed by atoms with Gasteiger partial charge in [0.15, 0.2) is 0 Å². The zero-order valence-electron chi connectivity index (χ0n) is 21.7. The fourth-order valence-corrected chi connectivity index (χ4v) is 4.45. The quantitative estimate of drug-likeness (QED) is 0.111. The van der Waals surface area contributed by atoms with Gasteiger partial charge in [-0.05, 0) is 52.6 Å². The summed E-state index contributed by atoms with van der Waals surface area (Å²) in [6, 6.07) is 0.798. The molecule has 0 aromatic carbocycles. The van der Waals surface area contributed by atoms with Gasteiger partial charge in [-0.3, -0.25) is 0 Å². The first-order chi connectivity index (χ1) is 14.7. The average molecular weight is 422 g/mol. The maximum Gasteiger partial charge on any atom is 0.00891 e. The molecule has 30 heavy (non-hydrogen) atoms. The Balaban J connectivity index is 3.46. The van der Waals surface area contributed by atoms with Gasteiger partial charge in [0.1, 0.15) is 0 Å². The largest absolute Gasteiger partial charge is 0.306 e. The maximum atomic E-state index is 2.47. The van der Waals surface area contributed by atoms with E-state index in [2.05, 4.69) is 45.0 Å². The fourth-order valence-electron chi connectivity index (χ4n) is 4.45. The first kappa shape index (κ1) is 29.7. The molecular weight excluding hydrogens is 362 g/mol. The monoisotopic (exact) mass is 421 g/mol. The van der Waals surface area contributed by atoms with Crippen molar-refractivity contribution in [3.63, 3.8) is 0 Å². The first-order valence-electron chi connectivity index (χ1n) is 14.0. The van der Waals surface area contributed by atoms with Crippen molar-refractivity contribution < 1.29 is 0 Å². The first-order valence-corrected chi connectivity index (χ1v) is 14.0. The summed E-state index contributed by atoms with van der Waals surface area (Å²) in [7, 11) is 4.55. The lowest BCUT2D eigenvalue weighted by molar-refractivity contribution is 0.252. The lowest BCUT2D eigenvalue weighted by Crippen LogP contribution is -2.27. The van der Waals surface area contributed by atoms with Crippen LogP contribution in [-0.2, 0) is 0 Å². The van der Waals surface area contributed by atoms with Gasteiger partial charge in [0, 0.05) is 6.04 Å². The molecule has 0 saturated heterocycles. The highest BCUT2D eigenvalue weighted by Gasteiger charge is 2.10. The molecule has 0 heterocycles. The van der Waals surface area contributed by atoms with E-state index >= 15 is 0 Å². The summed E-state index contributed by atoms with van der Waals surface area (Å²) >= 11 is 0. The van der Waals surface area contributed by atoms with E-state index in [0.717, 1.165) is 6.04 Å². The van der Waals surface area contributed by atoms with E-state index in [4.69, 9.17) is 0 Å². The van der Waals surface area contributed by atoms with Crippen molar-refractivity contribution in [1.82, 2.24) is 4.90 Å². The predicted octanol–water partition coefficient (Wildman–Crippen LogP) is 10.1. The van der Waals surface area contributed by atoms with Crippen LogP contribution in [0.2, 0.25) is 0 Å². The van der Waals surface area contributed by atoms with Crippen LogP contribution in [0.4, 0.5) is 0 Å². The molecule has 0 rings (SSSR count). The van der Waals surface area contributed by atoms with Gasteiger partial charge in [0.05, 0.1) is 0 Å². The highest BCUT2D eigenvalue weighted by atomic mass is 15.1. The van der Waals surface area contributed by atoms with Crippen LogP contribution in [0.3, 0.4) is 0 Å². The Morgan fingerprint density at radius 1 is 0.467 bits per heavy atom. The molecule has 1 atom stereocenters. The predicted molar refractivity (Wildman–Crippen MR) is 140 cm³/mol. The molecule has 180 valence electrons. The Bertz CT molecular complexity index is 333. The molecule has 0 aliphatic rings. The fraction of sp³-hybridized carbons (Fsp3) is 0.931. The molecule has 0 unspecified atom stereocenters. The van der Waals surface area contributed by atoms with Crippen molar-refractivity contribution in [3.05, 3.63) is 12.2 Å². The highest BCUT2D eigenvalue weighted by molar-refractivity contribution is 4.81. The van der Waals surface area contributed by atoms with Crippen LogP contribution in [-0.4, -0.2) is 25.0 Å². The third kappa shape index (κ3) is 22.4. The highest BCUT2D eigenvalue weighted by Crippen LogP contribution is 2.17. The number of allylic oxidation sites excluding steroid dienone is 2. The molecule has 0 amide bonds. The summed E-state index contributed by atoms with van der Waals surface area (Å²) < 4.78 is 0. The SMILES string of the molecule is CCCCCCCCCCC/C=C\CCCC[C@@H](CCCCCCCCC)N(C)C. The van der Waals surface area contributed by atoms with Crippen molar-refractivity contribution in [2.75, 3.05) is 14.1 Å². The third-order valence-electron chi connectivity index (χ3n) is 6.67. The van der Waals surface area contributed by atoms with Gasteiger partial charge in [-0.1, -0.05) is 129 Å². The Morgan fingerprint density at radius 3 is 1.23 bits per heavy atom. The smallest absolute Gasteiger partial charge is 0.00891 e. The number of nitrogens with zero attached hydrogens (tertiary/aromatic N) is 1. The molecule has 1 nitrogen and oxygen atoms in total. The van der Waals surface area contributed by atoms with E-state index in [-0.39, 0.29) is 0 Å². The molecule has 0 aromatic rings. The van der Waals surface area contributed by atoms with Crippen molar-refractivity contribution in [1.29, 1.82) is 0 Å². The van der Waals surface area contributed by atoms with Crippen LogP contribution in [0, 0.1) is 0 Å². The molecular formula is C29H59N.